The quantitative estimate of drug-likeness (QED) is 0.756. The van der Waals surface area contributed by atoms with E-state index in [1.165, 1.54) is 5.56 Å². The zero-order valence-electron chi connectivity index (χ0n) is 15.7. The minimum atomic E-state index is -0.315. The van der Waals surface area contributed by atoms with E-state index in [0.29, 0.717) is 23.9 Å². The van der Waals surface area contributed by atoms with Gasteiger partial charge in [0, 0.05) is 36.8 Å². The highest BCUT2D eigenvalue weighted by Gasteiger charge is 2.32. The molecule has 1 N–H and O–H groups in total. The van der Waals surface area contributed by atoms with E-state index >= 15 is 0 Å². The third-order valence-electron chi connectivity index (χ3n) is 4.85. The number of amides is 2. The summed E-state index contributed by atoms with van der Waals surface area (Å²) in [5.74, 6) is 0.477. The average molecular weight is 376 g/mol. The van der Waals surface area contributed by atoms with E-state index in [-0.39, 0.29) is 24.2 Å². The van der Waals surface area contributed by atoms with E-state index in [1.807, 2.05) is 43.3 Å². The molecular formula is C21H20N4O3. The molecule has 1 aromatic heterocycles. The molecule has 2 amide bonds. The molecule has 1 atom stereocenters. The molecule has 7 heteroatoms. The van der Waals surface area contributed by atoms with Gasteiger partial charge in [-0.25, -0.2) is 0 Å². The van der Waals surface area contributed by atoms with Gasteiger partial charge in [0.05, 0.1) is 5.92 Å². The van der Waals surface area contributed by atoms with Crippen molar-refractivity contribution in [3.05, 3.63) is 54.1 Å². The lowest BCUT2D eigenvalue weighted by atomic mass is 10.1. The van der Waals surface area contributed by atoms with Crippen LogP contribution in [0.15, 0.2) is 53.1 Å². The van der Waals surface area contributed by atoms with Gasteiger partial charge in [-0.1, -0.05) is 35.0 Å². The molecule has 7 nitrogen and oxygen atoms in total. The van der Waals surface area contributed by atoms with Crippen LogP contribution >= 0.6 is 0 Å². The second kappa shape index (κ2) is 7.26. The topological polar surface area (TPSA) is 88.3 Å². The summed E-state index contributed by atoms with van der Waals surface area (Å²) in [6.45, 7) is 2.47. The summed E-state index contributed by atoms with van der Waals surface area (Å²) in [7, 11) is 1.71. The molecule has 1 aliphatic heterocycles. The summed E-state index contributed by atoms with van der Waals surface area (Å²) in [5, 5.41) is 6.89. The minimum absolute atomic E-state index is 0.00345. The second-order valence-electron chi connectivity index (χ2n) is 7.03. The first-order chi connectivity index (χ1) is 13.5. The molecule has 4 rings (SSSR count). The van der Waals surface area contributed by atoms with Crippen LogP contribution in [0.1, 0.15) is 12.0 Å². The number of nitrogens with zero attached hydrogens (tertiary/aromatic N) is 3. The van der Waals surface area contributed by atoms with Crippen molar-refractivity contribution in [3.8, 4) is 22.8 Å². The summed E-state index contributed by atoms with van der Waals surface area (Å²) in [6, 6.07) is 15.1. The summed E-state index contributed by atoms with van der Waals surface area (Å²) in [5.41, 5.74) is 3.48. The van der Waals surface area contributed by atoms with Gasteiger partial charge in [-0.15, -0.1) is 0 Å². The lowest BCUT2D eigenvalue weighted by molar-refractivity contribution is -0.127. The molecule has 0 radical (unpaired) electrons. The van der Waals surface area contributed by atoms with E-state index in [2.05, 4.69) is 15.5 Å². The Morgan fingerprint density at radius 1 is 1.11 bits per heavy atom. The third kappa shape index (κ3) is 3.64. The van der Waals surface area contributed by atoms with Crippen molar-refractivity contribution in [2.45, 2.75) is 13.3 Å². The van der Waals surface area contributed by atoms with Gasteiger partial charge in [0.2, 0.25) is 17.6 Å². The molecule has 1 unspecified atom stereocenters. The first kappa shape index (κ1) is 17.9. The Morgan fingerprint density at radius 2 is 1.79 bits per heavy atom. The van der Waals surface area contributed by atoms with Crippen LogP contribution in [0.3, 0.4) is 0 Å². The molecule has 1 fully saturated rings. The molecule has 0 saturated carbocycles. The van der Waals surface area contributed by atoms with E-state index in [1.54, 1.807) is 24.1 Å². The standard InChI is InChI=1S/C21H20N4O3/c1-13-3-5-14(6-4-13)19-23-21(28-24-19)15-7-9-17(10-8-15)22-20(27)16-11-18(26)25(2)12-16/h3-10,16H,11-12H2,1-2H3,(H,22,27). The lowest BCUT2D eigenvalue weighted by Crippen LogP contribution is -2.25. The van der Waals surface area contributed by atoms with Crippen molar-refractivity contribution in [2.24, 2.45) is 5.92 Å². The average Bonchev–Trinajstić information content (AvgIpc) is 3.30. The summed E-state index contributed by atoms with van der Waals surface area (Å²) < 4.78 is 5.37. The molecule has 2 aromatic carbocycles. The zero-order chi connectivity index (χ0) is 19.7. The fraction of sp³-hybridized carbons (Fsp3) is 0.238. The maximum Gasteiger partial charge on any atom is 0.258 e. The highest BCUT2D eigenvalue weighted by atomic mass is 16.5. The molecule has 28 heavy (non-hydrogen) atoms. The predicted octanol–water partition coefficient (Wildman–Crippen LogP) is 3.13. The molecule has 2 heterocycles. The highest BCUT2D eigenvalue weighted by Crippen LogP contribution is 2.24. The van der Waals surface area contributed by atoms with Gasteiger partial charge in [-0.3, -0.25) is 9.59 Å². The number of hydrogen-bond donors (Lipinski definition) is 1. The number of anilines is 1. The van der Waals surface area contributed by atoms with Crippen LogP contribution in [0.5, 0.6) is 0 Å². The van der Waals surface area contributed by atoms with Gasteiger partial charge >= 0.3 is 0 Å². The maximum absolute atomic E-state index is 12.3. The fourth-order valence-corrected chi connectivity index (χ4v) is 3.14. The molecule has 0 bridgehead atoms. The number of aryl methyl sites for hydroxylation is 1. The Labute approximate surface area is 162 Å². The van der Waals surface area contributed by atoms with Gasteiger partial charge in [-0.2, -0.15) is 4.98 Å². The van der Waals surface area contributed by atoms with Crippen molar-refractivity contribution in [3.63, 3.8) is 0 Å². The van der Waals surface area contributed by atoms with E-state index in [9.17, 15) is 9.59 Å². The van der Waals surface area contributed by atoms with E-state index in [4.69, 9.17) is 4.52 Å². The maximum atomic E-state index is 12.3. The fourth-order valence-electron chi connectivity index (χ4n) is 3.14. The van der Waals surface area contributed by atoms with Crippen LogP contribution in [-0.2, 0) is 9.59 Å². The van der Waals surface area contributed by atoms with Gasteiger partial charge in [0.25, 0.3) is 5.89 Å². The second-order valence-corrected chi connectivity index (χ2v) is 7.03. The van der Waals surface area contributed by atoms with Crippen molar-refractivity contribution < 1.29 is 14.1 Å². The number of aromatic nitrogens is 2. The molecule has 0 aliphatic carbocycles. The largest absolute Gasteiger partial charge is 0.345 e. The number of likely N-dealkylation sites (tertiary alicyclic amines) is 1. The van der Waals surface area contributed by atoms with Crippen LogP contribution in [-0.4, -0.2) is 40.4 Å². The van der Waals surface area contributed by atoms with E-state index in [0.717, 1.165) is 11.1 Å². The van der Waals surface area contributed by atoms with Crippen LogP contribution in [0.2, 0.25) is 0 Å². The molecule has 142 valence electrons. The molecule has 1 saturated heterocycles. The molecular weight excluding hydrogens is 356 g/mol. The first-order valence-corrected chi connectivity index (χ1v) is 9.05. The molecule has 3 aromatic rings. The third-order valence-corrected chi connectivity index (χ3v) is 4.85. The number of rotatable bonds is 4. The number of carbonyl (C=O) groups is 2. The Kier molecular flexibility index (Phi) is 4.65. The summed E-state index contributed by atoms with van der Waals surface area (Å²) in [6.07, 6.45) is 0.254. The zero-order valence-corrected chi connectivity index (χ0v) is 15.7. The monoisotopic (exact) mass is 376 g/mol. The Balaban J connectivity index is 1.44. The first-order valence-electron chi connectivity index (χ1n) is 9.05. The van der Waals surface area contributed by atoms with Crippen molar-refractivity contribution in [1.29, 1.82) is 0 Å². The number of nitrogens with one attached hydrogen (secondary N) is 1. The van der Waals surface area contributed by atoms with Gasteiger partial charge in [0.15, 0.2) is 0 Å². The van der Waals surface area contributed by atoms with Gasteiger partial charge in [0.1, 0.15) is 0 Å². The summed E-state index contributed by atoms with van der Waals surface area (Å²) >= 11 is 0. The molecule has 1 aliphatic rings. The van der Waals surface area contributed by atoms with Crippen molar-refractivity contribution in [1.82, 2.24) is 15.0 Å². The normalized spacial score (nSPS) is 16.4. The lowest BCUT2D eigenvalue weighted by Gasteiger charge is -2.11. The smallest absolute Gasteiger partial charge is 0.258 e. The van der Waals surface area contributed by atoms with Gasteiger partial charge in [-0.05, 0) is 31.2 Å². The predicted molar refractivity (Wildman–Crippen MR) is 104 cm³/mol. The van der Waals surface area contributed by atoms with Crippen LogP contribution < -0.4 is 5.32 Å². The minimum Gasteiger partial charge on any atom is -0.345 e. The number of benzene rings is 2. The Morgan fingerprint density at radius 3 is 2.43 bits per heavy atom. The highest BCUT2D eigenvalue weighted by molar-refractivity contribution is 5.97. The Bertz CT molecular complexity index is 1010. The van der Waals surface area contributed by atoms with Crippen LogP contribution in [0, 0.1) is 12.8 Å². The SMILES string of the molecule is Cc1ccc(-c2noc(-c3ccc(NC(=O)C4CC(=O)N(C)C4)cc3)n2)cc1. The van der Waals surface area contributed by atoms with Crippen molar-refractivity contribution in [2.75, 3.05) is 18.9 Å². The van der Waals surface area contributed by atoms with Crippen molar-refractivity contribution >= 4 is 17.5 Å². The summed E-state index contributed by atoms with van der Waals surface area (Å²) in [4.78, 5) is 29.9. The molecule has 0 spiro atoms. The van der Waals surface area contributed by atoms with E-state index < -0.39 is 0 Å². The Hall–Kier alpha value is -3.48. The number of hydrogen-bond acceptors (Lipinski definition) is 5. The van der Waals surface area contributed by atoms with Gasteiger partial charge < -0.3 is 14.7 Å². The number of carbonyl (C=O) groups excluding carboxylic acids is 2. The van der Waals surface area contributed by atoms with Crippen LogP contribution in [0.4, 0.5) is 5.69 Å². The van der Waals surface area contributed by atoms with Crippen LogP contribution in [0.25, 0.3) is 22.8 Å².